The molecule has 2 aromatic rings. The lowest BCUT2D eigenvalue weighted by Crippen LogP contribution is -2.49. The number of rotatable bonds is 5. The highest BCUT2D eigenvalue weighted by Crippen LogP contribution is 2.24. The summed E-state index contributed by atoms with van der Waals surface area (Å²) in [7, 11) is 0. The van der Waals surface area contributed by atoms with Crippen molar-refractivity contribution in [1.82, 2.24) is 20.5 Å². The second-order valence-corrected chi connectivity index (χ2v) is 6.32. The van der Waals surface area contributed by atoms with Crippen molar-refractivity contribution >= 4 is 42.3 Å². The summed E-state index contributed by atoms with van der Waals surface area (Å²) in [5, 5.41) is 7.07. The minimum atomic E-state index is 0. The fourth-order valence-corrected chi connectivity index (χ4v) is 3.12. The van der Waals surface area contributed by atoms with Gasteiger partial charge in [-0.3, -0.25) is 14.7 Å². The van der Waals surface area contributed by atoms with Gasteiger partial charge in [-0.1, -0.05) is 29.8 Å². The molecule has 1 saturated heterocycles. The normalized spacial score (nSPS) is 16.9. The number of aromatic nitrogens is 1. The SMILES string of the molecule is Cl.Cl.O=C(CN1CCNCC1c1cccc(Cl)c1)NCc1cccnc1. The minimum Gasteiger partial charge on any atom is -0.351 e. The summed E-state index contributed by atoms with van der Waals surface area (Å²) in [6.45, 7) is 3.40. The van der Waals surface area contributed by atoms with E-state index in [4.69, 9.17) is 11.6 Å². The van der Waals surface area contributed by atoms with Gasteiger partial charge in [-0.2, -0.15) is 0 Å². The van der Waals surface area contributed by atoms with Crippen molar-refractivity contribution in [2.45, 2.75) is 12.6 Å². The Hall–Kier alpha value is -1.37. The third-order valence-electron chi connectivity index (χ3n) is 4.15. The Morgan fingerprint density at radius 3 is 2.88 bits per heavy atom. The van der Waals surface area contributed by atoms with Crippen molar-refractivity contribution in [3.63, 3.8) is 0 Å². The molecular weight excluding hydrogens is 395 g/mol. The van der Waals surface area contributed by atoms with E-state index in [1.54, 1.807) is 12.4 Å². The van der Waals surface area contributed by atoms with Gasteiger partial charge in [-0.15, -0.1) is 24.8 Å². The van der Waals surface area contributed by atoms with E-state index in [9.17, 15) is 4.79 Å². The highest BCUT2D eigenvalue weighted by molar-refractivity contribution is 6.30. The fourth-order valence-electron chi connectivity index (χ4n) is 2.92. The van der Waals surface area contributed by atoms with Crippen LogP contribution in [0.3, 0.4) is 0 Å². The van der Waals surface area contributed by atoms with Crippen LogP contribution < -0.4 is 10.6 Å². The van der Waals surface area contributed by atoms with Crippen LogP contribution in [-0.2, 0) is 11.3 Å². The van der Waals surface area contributed by atoms with Gasteiger partial charge >= 0.3 is 0 Å². The average molecular weight is 418 g/mol. The Bertz CT molecular complexity index is 687. The van der Waals surface area contributed by atoms with Gasteiger partial charge in [0.05, 0.1) is 6.54 Å². The number of nitrogens with one attached hydrogen (secondary N) is 2. The van der Waals surface area contributed by atoms with Crippen molar-refractivity contribution in [1.29, 1.82) is 0 Å². The quantitative estimate of drug-likeness (QED) is 0.785. The van der Waals surface area contributed by atoms with Gasteiger partial charge in [0.1, 0.15) is 0 Å². The molecule has 1 unspecified atom stereocenters. The van der Waals surface area contributed by atoms with Gasteiger partial charge in [0.25, 0.3) is 0 Å². The molecular formula is C18H23Cl3N4O. The summed E-state index contributed by atoms with van der Waals surface area (Å²) in [6, 6.07) is 11.8. The van der Waals surface area contributed by atoms with Gasteiger partial charge in [-0.05, 0) is 29.3 Å². The number of benzene rings is 1. The molecule has 0 spiro atoms. The molecule has 0 saturated carbocycles. The van der Waals surface area contributed by atoms with Crippen molar-refractivity contribution in [3.05, 3.63) is 64.9 Å². The third kappa shape index (κ3) is 6.41. The van der Waals surface area contributed by atoms with Crippen LogP contribution in [0, 0.1) is 0 Å². The Balaban J connectivity index is 0.00000169. The number of carbonyl (C=O) groups excluding carboxylic acids is 1. The number of amides is 1. The van der Waals surface area contributed by atoms with E-state index in [2.05, 4.69) is 26.6 Å². The predicted octanol–water partition coefficient (Wildman–Crippen LogP) is 2.84. The van der Waals surface area contributed by atoms with Crippen molar-refractivity contribution in [2.75, 3.05) is 26.2 Å². The lowest BCUT2D eigenvalue weighted by atomic mass is 10.0. The van der Waals surface area contributed by atoms with Crippen LogP contribution in [-0.4, -0.2) is 42.0 Å². The summed E-state index contributed by atoms with van der Waals surface area (Å²) in [5.41, 5.74) is 2.13. The Morgan fingerprint density at radius 1 is 1.31 bits per heavy atom. The Morgan fingerprint density at radius 2 is 2.15 bits per heavy atom. The molecule has 1 aromatic carbocycles. The highest BCUT2D eigenvalue weighted by atomic mass is 35.5. The first-order valence-corrected chi connectivity index (χ1v) is 8.46. The van der Waals surface area contributed by atoms with Crippen molar-refractivity contribution in [3.8, 4) is 0 Å². The molecule has 1 aliphatic rings. The molecule has 8 heteroatoms. The van der Waals surface area contributed by atoms with Crippen LogP contribution >= 0.6 is 36.4 Å². The number of nitrogens with zero attached hydrogens (tertiary/aromatic N) is 2. The first-order chi connectivity index (χ1) is 11.7. The number of hydrogen-bond donors (Lipinski definition) is 2. The molecule has 26 heavy (non-hydrogen) atoms. The fraction of sp³-hybridized carbons (Fsp3) is 0.333. The number of carbonyl (C=O) groups is 1. The zero-order valence-electron chi connectivity index (χ0n) is 14.2. The Kier molecular flexibility index (Phi) is 9.91. The first kappa shape index (κ1) is 22.7. The minimum absolute atomic E-state index is 0. The van der Waals surface area contributed by atoms with Crippen molar-refractivity contribution in [2.24, 2.45) is 0 Å². The van der Waals surface area contributed by atoms with Crippen LogP contribution in [0.1, 0.15) is 17.2 Å². The molecule has 142 valence electrons. The van der Waals surface area contributed by atoms with E-state index in [0.717, 1.165) is 35.8 Å². The summed E-state index contributed by atoms with van der Waals surface area (Å²) in [6.07, 6.45) is 3.49. The molecule has 0 bridgehead atoms. The lowest BCUT2D eigenvalue weighted by molar-refractivity contribution is -0.123. The van der Waals surface area contributed by atoms with E-state index < -0.39 is 0 Å². The highest BCUT2D eigenvalue weighted by Gasteiger charge is 2.25. The summed E-state index contributed by atoms with van der Waals surface area (Å²) < 4.78 is 0. The lowest BCUT2D eigenvalue weighted by Gasteiger charge is -2.36. The van der Waals surface area contributed by atoms with E-state index in [0.29, 0.717) is 13.1 Å². The topological polar surface area (TPSA) is 57.3 Å². The predicted molar refractivity (Wildman–Crippen MR) is 109 cm³/mol. The molecule has 0 aliphatic carbocycles. The van der Waals surface area contributed by atoms with Crippen molar-refractivity contribution < 1.29 is 4.79 Å². The molecule has 1 amide bonds. The van der Waals surface area contributed by atoms with Gasteiger partial charge in [0, 0.05) is 49.6 Å². The zero-order chi connectivity index (χ0) is 16.8. The van der Waals surface area contributed by atoms with Crippen LogP contribution in [0.25, 0.3) is 0 Å². The van der Waals surface area contributed by atoms with Gasteiger partial charge in [0.15, 0.2) is 0 Å². The maximum absolute atomic E-state index is 12.3. The van der Waals surface area contributed by atoms with Crippen LogP contribution in [0.15, 0.2) is 48.8 Å². The number of hydrogen-bond acceptors (Lipinski definition) is 4. The summed E-state index contributed by atoms with van der Waals surface area (Å²) in [4.78, 5) is 18.6. The molecule has 3 rings (SSSR count). The molecule has 1 aromatic heterocycles. The van der Waals surface area contributed by atoms with E-state index in [1.807, 2.05) is 30.3 Å². The van der Waals surface area contributed by atoms with E-state index in [1.165, 1.54) is 0 Å². The molecule has 1 aliphatic heterocycles. The van der Waals surface area contributed by atoms with Crippen LogP contribution in [0.2, 0.25) is 5.02 Å². The van der Waals surface area contributed by atoms with Gasteiger partial charge in [0.2, 0.25) is 5.91 Å². The summed E-state index contributed by atoms with van der Waals surface area (Å²) in [5.74, 6) is 0.0211. The second kappa shape index (κ2) is 11.4. The van der Waals surface area contributed by atoms with E-state index >= 15 is 0 Å². The maximum atomic E-state index is 12.3. The Labute approximate surface area is 171 Å². The van der Waals surface area contributed by atoms with Gasteiger partial charge < -0.3 is 10.6 Å². The molecule has 2 N–H and O–H groups in total. The number of halogens is 3. The van der Waals surface area contributed by atoms with E-state index in [-0.39, 0.29) is 36.8 Å². The third-order valence-corrected chi connectivity index (χ3v) is 4.38. The number of pyridine rings is 1. The second-order valence-electron chi connectivity index (χ2n) is 5.88. The van der Waals surface area contributed by atoms with Crippen LogP contribution in [0.5, 0.6) is 0 Å². The van der Waals surface area contributed by atoms with Gasteiger partial charge in [-0.25, -0.2) is 0 Å². The standard InChI is InChI=1S/C18H21ClN4O.2ClH/c19-16-5-1-4-15(9-16)17-12-21-7-8-23(17)13-18(24)22-11-14-3-2-6-20-10-14;;/h1-6,9-10,17,21H,7-8,11-13H2,(H,22,24);2*1H. The molecule has 1 atom stereocenters. The zero-order valence-corrected chi connectivity index (χ0v) is 16.6. The monoisotopic (exact) mass is 416 g/mol. The maximum Gasteiger partial charge on any atom is 0.234 e. The largest absolute Gasteiger partial charge is 0.351 e. The first-order valence-electron chi connectivity index (χ1n) is 8.08. The smallest absolute Gasteiger partial charge is 0.234 e. The number of piperazine rings is 1. The molecule has 5 nitrogen and oxygen atoms in total. The summed E-state index contributed by atoms with van der Waals surface area (Å²) >= 11 is 6.11. The molecule has 2 heterocycles. The van der Waals surface area contributed by atoms with Crippen LogP contribution in [0.4, 0.5) is 0 Å². The molecule has 1 fully saturated rings. The average Bonchev–Trinajstić information content (AvgIpc) is 2.61. The molecule has 0 radical (unpaired) electrons.